The van der Waals surface area contributed by atoms with E-state index in [9.17, 15) is 14.0 Å². The van der Waals surface area contributed by atoms with Crippen LogP contribution in [0.2, 0.25) is 0 Å². The smallest absolute Gasteiger partial charge is 0.241 e. The van der Waals surface area contributed by atoms with Crippen LogP contribution >= 0.6 is 0 Å². The molecule has 0 atom stereocenters. The minimum Gasteiger partial charge on any atom is -0.395 e. The maximum Gasteiger partial charge on any atom is 0.241 e. The zero-order chi connectivity index (χ0) is 14.3. The van der Waals surface area contributed by atoms with E-state index in [1.54, 1.807) is 6.07 Å². The summed E-state index contributed by atoms with van der Waals surface area (Å²) in [6, 6.07) is 5.74. The standard InChI is InChI=1S/C13H17FN2O3/c1-16(5-6-17)13(19)9-15-12(18)8-10-3-2-4-11(14)7-10/h2-4,7,17H,5-6,8-9H2,1H3,(H,15,18). The van der Waals surface area contributed by atoms with Crippen molar-refractivity contribution in [2.45, 2.75) is 6.42 Å². The van der Waals surface area contributed by atoms with E-state index in [2.05, 4.69) is 5.32 Å². The molecule has 0 saturated heterocycles. The van der Waals surface area contributed by atoms with Gasteiger partial charge in [-0.3, -0.25) is 9.59 Å². The Morgan fingerprint density at radius 3 is 2.79 bits per heavy atom. The molecule has 0 bridgehead atoms. The van der Waals surface area contributed by atoms with Gasteiger partial charge in [-0.15, -0.1) is 0 Å². The fourth-order valence-electron chi connectivity index (χ4n) is 1.48. The number of nitrogens with zero attached hydrogens (tertiary/aromatic N) is 1. The van der Waals surface area contributed by atoms with Crippen LogP contribution in [0.1, 0.15) is 5.56 Å². The third-order valence-electron chi connectivity index (χ3n) is 2.55. The first-order valence-corrected chi connectivity index (χ1v) is 5.89. The van der Waals surface area contributed by atoms with Gasteiger partial charge in [0.25, 0.3) is 0 Å². The molecule has 1 aromatic carbocycles. The molecule has 2 amide bonds. The van der Waals surface area contributed by atoms with Crippen molar-refractivity contribution in [2.75, 3.05) is 26.7 Å². The van der Waals surface area contributed by atoms with Gasteiger partial charge in [0.05, 0.1) is 19.6 Å². The van der Waals surface area contributed by atoms with Gasteiger partial charge in [0.2, 0.25) is 11.8 Å². The Balaban J connectivity index is 2.38. The highest BCUT2D eigenvalue weighted by Crippen LogP contribution is 2.03. The van der Waals surface area contributed by atoms with Crippen molar-refractivity contribution < 1.29 is 19.1 Å². The zero-order valence-electron chi connectivity index (χ0n) is 10.7. The van der Waals surface area contributed by atoms with E-state index < -0.39 is 5.82 Å². The maximum atomic E-state index is 12.9. The largest absolute Gasteiger partial charge is 0.395 e. The second-order valence-corrected chi connectivity index (χ2v) is 4.12. The molecule has 0 heterocycles. The van der Waals surface area contributed by atoms with E-state index in [1.807, 2.05) is 0 Å². The number of carbonyl (C=O) groups is 2. The van der Waals surface area contributed by atoms with Crippen molar-refractivity contribution in [3.8, 4) is 0 Å². The maximum absolute atomic E-state index is 12.9. The van der Waals surface area contributed by atoms with E-state index in [-0.39, 0.29) is 37.9 Å². The second-order valence-electron chi connectivity index (χ2n) is 4.12. The van der Waals surface area contributed by atoms with Crippen molar-refractivity contribution in [1.82, 2.24) is 10.2 Å². The highest BCUT2D eigenvalue weighted by atomic mass is 19.1. The molecule has 0 spiro atoms. The van der Waals surface area contributed by atoms with Crippen molar-refractivity contribution in [2.24, 2.45) is 0 Å². The Labute approximate surface area is 111 Å². The molecular weight excluding hydrogens is 251 g/mol. The Morgan fingerprint density at radius 1 is 1.42 bits per heavy atom. The van der Waals surface area contributed by atoms with Crippen molar-refractivity contribution >= 4 is 11.8 Å². The van der Waals surface area contributed by atoms with Crippen molar-refractivity contribution in [3.05, 3.63) is 35.6 Å². The molecule has 0 aliphatic rings. The highest BCUT2D eigenvalue weighted by molar-refractivity contribution is 5.85. The average Bonchev–Trinajstić information content (AvgIpc) is 2.36. The van der Waals surface area contributed by atoms with Crippen molar-refractivity contribution in [3.63, 3.8) is 0 Å². The number of halogens is 1. The molecule has 0 aliphatic carbocycles. The van der Waals surface area contributed by atoms with Gasteiger partial charge in [-0.2, -0.15) is 0 Å². The minimum atomic E-state index is -0.399. The third-order valence-corrected chi connectivity index (χ3v) is 2.55. The molecule has 6 heteroatoms. The first-order chi connectivity index (χ1) is 9.02. The molecule has 0 aromatic heterocycles. The zero-order valence-corrected chi connectivity index (χ0v) is 10.7. The van der Waals surface area contributed by atoms with E-state index in [0.717, 1.165) is 0 Å². The van der Waals surface area contributed by atoms with Gasteiger partial charge in [0, 0.05) is 13.6 Å². The number of amides is 2. The number of rotatable bonds is 6. The molecule has 2 N–H and O–H groups in total. The van der Waals surface area contributed by atoms with Gasteiger partial charge in [-0.05, 0) is 17.7 Å². The van der Waals surface area contributed by atoms with Gasteiger partial charge in [0.1, 0.15) is 5.82 Å². The molecule has 19 heavy (non-hydrogen) atoms. The first-order valence-electron chi connectivity index (χ1n) is 5.89. The number of benzene rings is 1. The summed E-state index contributed by atoms with van der Waals surface area (Å²) in [4.78, 5) is 24.4. The van der Waals surface area contributed by atoms with Crippen LogP contribution < -0.4 is 5.32 Å². The van der Waals surface area contributed by atoms with E-state index in [1.165, 1.54) is 30.1 Å². The molecule has 104 valence electrons. The Hall–Kier alpha value is -1.95. The highest BCUT2D eigenvalue weighted by Gasteiger charge is 2.10. The number of likely N-dealkylation sites (N-methyl/N-ethyl adjacent to an activating group) is 1. The molecule has 1 rings (SSSR count). The van der Waals surface area contributed by atoms with E-state index >= 15 is 0 Å². The van der Waals surface area contributed by atoms with Gasteiger partial charge < -0.3 is 15.3 Å². The van der Waals surface area contributed by atoms with Crippen LogP contribution in [0, 0.1) is 5.82 Å². The summed E-state index contributed by atoms with van der Waals surface area (Å²) < 4.78 is 12.9. The molecule has 1 aromatic rings. The molecule has 0 aliphatic heterocycles. The number of aliphatic hydroxyl groups is 1. The fourth-order valence-corrected chi connectivity index (χ4v) is 1.48. The molecule has 0 fully saturated rings. The summed E-state index contributed by atoms with van der Waals surface area (Å²) in [5, 5.41) is 11.1. The number of carbonyl (C=O) groups excluding carboxylic acids is 2. The summed E-state index contributed by atoms with van der Waals surface area (Å²) in [7, 11) is 1.54. The summed E-state index contributed by atoms with van der Waals surface area (Å²) >= 11 is 0. The molecule has 0 unspecified atom stereocenters. The Kier molecular flexibility index (Phi) is 5.95. The van der Waals surface area contributed by atoms with Crippen molar-refractivity contribution in [1.29, 1.82) is 0 Å². The lowest BCUT2D eigenvalue weighted by atomic mass is 10.1. The minimum absolute atomic E-state index is 0.0226. The van der Waals surface area contributed by atoms with Crippen LogP contribution in [-0.2, 0) is 16.0 Å². The molecular formula is C13H17FN2O3. The normalized spacial score (nSPS) is 10.1. The van der Waals surface area contributed by atoms with Gasteiger partial charge in [-0.25, -0.2) is 4.39 Å². The lowest BCUT2D eigenvalue weighted by Crippen LogP contribution is -2.39. The van der Waals surface area contributed by atoms with Gasteiger partial charge in [0.15, 0.2) is 0 Å². The summed E-state index contributed by atoms with van der Waals surface area (Å²) in [5.74, 6) is -1.04. The Morgan fingerprint density at radius 2 is 2.16 bits per heavy atom. The monoisotopic (exact) mass is 268 g/mol. The number of nitrogens with one attached hydrogen (secondary N) is 1. The lowest BCUT2D eigenvalue weighted by molar-refractivity contribution is -0.132. The topological polar surface area (TPSA) is 69.6 Å². The predicted molar refractivity (Wildman–Crippen MR) is 67.8 cm³/mol. The summed E-state index contributed by atoms with van der Waals surface area (Å²) in [6.45, 7) is -0.0390. The number of aliphatic hydroxyl groups excluding tert-OH is 1. The average molecular weight is 268 g/mol. The lowest BCUT2D eigenvalue weighted by Gasteiger charge is -2.15. The molecule has 0 saturated carbocycles. The number of hydrogen-bond acceptors (Lipinski definition) is 3. The van der Waals surface area contributed by atoms with E-state index in [0.29, 0.717) is 5.56 Å². The molecule has 0 radical (unpaired) electrons. The van der Waals surface area contributed by atoms with Crippen LogP contribution in [0.3, 0.4) is 0 Å². The summed E-state index contributed by atoms with van der Waals surface area (Å²) in [6.07, 6.45) is 0.0226. The van der Waals surface area contributed by atoms with Crippen LogP contribution in [0.5, 0.6) is 0 Å². The molecule has 5 nitrogen and oxygen atoms in total. The van der Waals surface area contributed by atoms with Gasteiger partial charge in [-0.1, -0.05) is 12.1 Å². The second kappa shape index (κ2) is 7.48. The quantitative estimate of drug-likeness (QED) is 0.759. The first kappa shape index (κ1) is 15.1. The predicted octanol–water partition coefficient (Wildman–Crippen LogP) is -0.0649. The van der Waals surface area contributed by atoms with Crippen LogP contribution in [-0.4, -0.2) is 48.6 Å². The Bertz CT molecular complexity index is 451. The third kappa shape index (κ3) is 5.48. The number of hydrogen-bond donors (Lipinski definition) is 2. The van der Waals surface area contributed by atoms with Crippen LogP contribution in [0.25, 0.3) is 0 Å². The van der Waals surface area contributed by atoms with Crippen LogP contribution in [0.4, 0.5) is 4.39 Å². The van der Waals surface area contributed by atoms with Gasteiger partial charge >= 0.3 is 0 Å². The fraction of sp³-hybridized carbons (Fsp3) is 0.385. The SMILES string of the molecule is CN(CCO)C(=O)CNC(=O)Cc1cccc(F)c1. The van der Waals surface area contributed by atoms with Crippen LogP contribution in [0.15, 0.2) is 24.3 Å². The summed E-state index contributed by atoms with van der Waals surface area (Å²) in [5.41, 5.74) is 0.550. The van der Waals surface area contributed by atoms with E-state index in [4.69, 9.17) is 5.11 Å².